The number of aromatic nitrogens is 1. The summed E-state index contributed by atoms with van der Waals surface area (Å²) in [4.78, 5) is 14.6. The Balaban J connectivity index is 1.38. The summed E-state index contributed by atoms with van der Waals surface area (Å²) >= 11 is 0. The lowest BCUT2D eigenvalue weighted by Gasteiger charge is -2.41. The first kappa shape index (κ1) is 17.9. The van der Waals surface area contributed by atoms with E-state index in [1.54, 1.807) is 0 Å². The lowest BCUT2D eigenvalue weighted by atomic mass is 9.75. The summed E-state index contributed by atoms with van der Waals surface area (Å²) in [6, 6.07) is 4.97. The molecule has 1 aliphatic heterocycles. The van der Waals surface area contributed by atoms with Gasteiger partial charge in [0, 0.05) is 19.2 Å². The summed E-state index contributed by atoms with van der Waals surface area (Å²) in [5.74, 6) is -0.655. The molecule has 1 saturated heterocycles. The molecule has 2 atom stereocenters. The van der Waals surface area contributed by atoms with Crippen LogP contribution in [0.5, 0.6) is 5.75 Å². The number of likely N-dealkylation sites (tertiary alicyclic amines) is 1. The molecule has 0 radical (unpaired) electrons. The summed E-state index contributed by atoms with van der Waals surface area (Å²) in [6.07, 6.45) is 6.02. The molecule has 2 aliphatic rings. The van der Waals surface area contributed by atoms with E-state index >= 15 is 0 Å². The van der Waals surface area contributed by atoms with Gasteiger partial charge in [-0.05, 0) is 36.8 Å². The molecule has 1 aromatic carbocycles. The molecule has 2 heterocycles. The van der Waals surface area contributed by atoms with E-state index in [1.807, 2.05) is 4.90 Å². The maximum Gasteiger partial charge on any atom is 0.276 e. The number of hydrogen-bond donors (Lipinski definition) is 0. The first-order chi connectivity index (χ1) is 13.1. The Bertz CT molecular complexity index is 803. The third-order valence-electron chi connectivity index (χ3n) is 5.63. The van der Waals surface area contributed by atoms with Gasteiger partial charge in [-0.1, -0.05) is 30.5 Å². The van der Waals surface area contributed by atoms with Gasteiger partial charge in [-0.25, -0.2) is 8.78 Å². The van der Waals surface area contributed by atoms with Crippen LogP contribution in [0.25, 0.3) is 0 Å². The van der Waals surface area contributed by atoms with Gasteiger partial charge in [-0.3, -0.25) is 4.79 Å². The predicted molar refractivity (Wildman–Crippen MR) is 93.2 cm³/mol. The topological polar surface area (TPSA) is 55.6 Å². The van der Waals surface area contributed by atoms with Gasteiger partial charge >= 0.3 is 0 Å². The van der Waals surface area contributed by atoms with Gasteiger partial charge < -0.3 is 14.2 Å². The number of fused-ring (bicyclic) bond motifs is 1. The van der Waals surface area contributed by atoms with Crippen LogP contribution >= 0.6 is 0 Å². The van der Waals surface area contributed by atoms with Gasteiger partial charge in [0.2, 0.25) is 0 Å². The first-order valence-corrected chi connectivity index (χ1v) is 9.43. The van der Waals surface area contributed by atoms with Gasteiger partial charge in [0.15, 0.2) is 28.8 Å². The van der Waals surface area contributed by atoms with Crippen molar-refractivity contribution in [1.82, 2.24) is 10.1 Å². The normalized spacial score (nSPS) is 22.4. The number of nitrogens with zero attached hydrogens (tertiary/aromatic N) is 2. The highest BCUT2D eigenvalue weighted by Gasteiger charge is 2.34. The van der Waals surface area contributed by atoms with E-state index in [2.05, 4.69) is 5.16 Å². The Labute approximate surface area is 156 Å². The fraction of sp³-hybridized carbons (Fsp3) is 0.500. The Morgan fingerprint density at radius 1 is 1.19 bits per heavy atom. The highest BCUT2D eigenvalue weighted by Crippen LogP contribution is 2.36. The lowest BCUT2D eigenvalue weighted by Crippen LogP contribution is -2.44. The van der Waals surface area contributed by atoms with E-state index in [0.717, 1.165) is 37.6 Å². The average molecular weight is 376 g/mol. The van der Waals surface area contributed by atoms with Gasteiger partial charge in [0.1, 0.15) is 6.61 Å². The fourth-order valence-corrected chi connectivity index (χ4v) is 4.19. The second kappa shape index (κ2) is 7.66. The molecule has 1 aromatic heterocycles. The third kappa shape index (κ3) is 3.82. The fourth-order valence-electron chi connectivity index (χ4n) is 4.19. The molecule has 2 fully saturated rings. The highest BCUT2D eigenvalue weighted by atomic mass is 19.1. The number of benzene rings is 1. The molecule has 0 N–H and O–H groups in total. The van der Waals surface area contributed by atoms with Crippen molar-refractivity contribution in [2.45, 2.75) is 38.7 Å². The molecular weight excluding hydrogens is 354 g/mol. The molecular formula is C20H22F2N2O3. The molecule has 144 valence electrons. The van der Waals surface area contributed by atoms with Crippen molar-refractivity contribution < 1.29 is 22.8 Å². The molecule has 1 aliphatic carbocycles. The van der Waals surface area contributed by atoms with Crippen LogP contribution in [0.4, 0.5) is 8.78 Å². The molecule has 1 saturated carbocycles. The highest BCUT2D eigenvalue weighted by molar-refractivity contribution is 5.92. The Hall–Kier alpha value is -2.44. The van der Waals surface area contributed by atoms with Crippen LogP contribution in [0.3, 0.4) is 0 Å². The molecule has 2 aromatic rings. The largest absolute Gasteiger partial charge is 0.479 e. The van der Waals surface area contributed by atoms with Gasteiger partial charge in [-0.15, -0.1) is 0 Å². The number of ether oxygens (including phenoxy) is 1. The van der Waals surface area contributed by atoms with Crippen molar-refractivity contribution in [3.05, 3.63) is 47.4 Å². The number of para-hydroxylation sites is 1. The molecule has 5 nitrogen and oxygen atoms in total. The van der Waals surface area contributed by atoms with E-state index < -0.39 is 17.4 Å². The van der Waals surface area contributed by atoms with Crippen LogP contribution in [-0.2, 0) is 6.61 Å². The van der Waals surface area contributed by atoms with Crippen molar-refractivity contribution in [3.8, 4) is 5.75 Å². The van der Waals surface area contributed by atoms with Crippen LogP contribution in [0.2, 0.25) is 0 Å². The van der Waals surface area contributed by atoms with E-state index in [-0.39, 0.29) is 24.0 Å². The number of rotatable bonds is 4. The van der Waals surface area contributed by atoms with Crippen molar-refractivity contribution in [2.75, 3.05) is 13.1 Å². The Morgan fingerprint density at radius 2 is 1.93 bits per heavy atom. The number of hydrogen-bond acceptors (Lipinski definition) is 4. The van der Waals surface area contributed by atoms with Crippen LogP contribution in [0, 0.1) is 23.5 Å². The summed E-state index contributed by atoms with van der Waals surface area (Å²) in [7, 11) is 0. The zero-order chi connectivity index (χ0) is 18.8. The van der Waals surface area contributed by atoms with E-state index in [4.69, 9.17) is 9.26 Å². The number of carbonyl (C=O) groups excluding carboxylic acids is 1. The van der Waals surface area contributed by atoms with Crippen molar-refractivity contribution in [2.24, 2.45) is 11.8 Å². The van der Waals surface area contributed by atoms with E-state index in [9.17, 15) is 13.6 Å². The minimum absolute atomic E-state index is 0.161. The Kier molecular flexibility index (Phi) is 5.09. The molecule has 0 unspecified atom stereocenters. The third-order valence-corrected chi connectivity index (χ3v) is 5.63. The van der Waals surface area contributed by atoms with Gasteiger partial charge in [0.25, 0.3) is 5.91 Å². The second-order valence-electron chi connectivity index (χ2n) is 7.36. The standard InChI is InChI=1S/C20H22F2N2O3/c21-16-6-3-7-17(22)19(16)26-12-15-10-18(23-27-15)20(25)24-9-8-13-4-1-2-5-14(13)11-24/h3,6-7,10,13-14H,1-2,4-5,8-9,11-12H2/t13-,14-/m0/s1. The van der Waals surface area contributed by atoms with Crippen molar-refractivity contribution >= 4 is 5.91 Å². The van der Waals surface area contributed by atoms with E-state index in [0.29, 0.717) is 5.92 Å². The summed E-state index contributed by atoms with van der Waals surface area (Å²) in [5, 5.41) is 3.82. The van der Waals surface area contributed by atoms with Gasteiger partial charge in [0.05, 0.1) is 0 Å². The first-order valence-electron chi connectivity index (χ1n) is 9.43. The number of amides is 1. The SMILES string of the molecule is O=C(c1cc(COc2c(F)cccc2F)on1)N1CC[C@@H]2CCCC[C@H]2C1. The predicted octanol–water partition coefficient (Wildman–Crippen LogP) is 4.18. The second-order valence-corrected chi connectivity index (χ2v) is 7.36. The van der Waals surface area contributed by atoms with E-state index in [1.165, 1.54) is 37.8 Å². The molecule has 27 heavy (non-hydrogen) atoms. The Morgan fingerprint density at radius 3 is 2.70 bits per heavy atom. The lowest BCUT2D eigenvalue weighted by molar-refractivity contribution is 0.0511. The molecule has 7 heteroatoms. The maximum atomic E-state index is 13.6. The zero-order valence-corrected chi connectivity index (χ0v) is 15.0. The molecule has 1 amide bonds. The molecule has 4 rings (SSSR count). The van der Waals surface area contributed by atoms with Crippen LogP contribution < -0.4 is 4.74 Å². The quantitative estimate of drug-likeness (QED) is 0.803. The molecule has 0 spiro atoms. The monoisotopic (exact) mass is 376 g/mol. The minimum Gasteiger partial charge on any atom is -0.479 e. The number of piperidine rings is 1. The zero-order valence-electron chi connectivity index (χ0n) is 15.0. The summed E-state index contributed by atoms with van der Waals surface area (Å²) < 4.78 is 37.5. The van der Waals surface area contributed by atoms with Crippen molar-refractivity contribution in [3.63, 3.8) is 0 Å². The average Bonchev–Trinajstić information content (AvgIpc) is 3.15. The minimum atomic E-state index is -0.791. The molecule has 0 bridgehead atoms. The smallest absolute Gasteiger partial charge is 0.276 e. The van der Waals surface area contributed by atoms with Crippen molar-refractivity contribution in [1.29, 1.82) is 0 Å². The van der Waals surface area contributed by atoms with Crippen LogP contribution in [-0.4, -0.2) is 29.1 Å². The van der Waals surface area contributed by atoms with Crippen LogP contribution in [0.15, 0.2) is 28.8 Å². The maximum absolute atomic E-state index is 13.6. The summed E-state index contributed by atoms with van der Waals surface area (Å²) in [6.45, 7) is 1.30. The van der Waals surface area contributed by atoms with Gasteiger partial charge in [-0.2, -0.15) is 0 Å². The number of halogens is 2. The van der Waals surface area contributed by atoms with Crippen LogP contribution in [0.1, 0.15) is 48.4 Å². The summed E-state index contributed by atoms with van der Waals surface area (Å²) in [5.41, 5.74) is 0.205. The number of carbonyl (C=O) groups is 1.